The number of hydrogen-bond acceptors (Lipinski definition) is 4. The summed E-state index contributed by atoms with van der Waals surface area (Å²) in [6.45, 7) is 2.79. The number of nitrogens with one attached hydrogen (secondary N) is 1. The van der Waals surface area contributed by atoms with E-state index in [0.29, 0.717) is 17.5 Å². The number of rotatable bonds is 4. The molecule has 1 amide bonds. The second-order valence-electron chi connectivity index (χ2n) is 4.15. The van der Waals surface area contributed by atoms with Crippen LogP contribution in [-0.2, 0) is 4.79 Å². The quantitative estimate of drug-likeness (QED) is 0.931. The maximum absolute atomic E-state index is 11.7. The molecule has 1 aromatic heterocycles. The summed E-state index contributed by atoms with van der Waals surface area (Å²) in [5, 5.41) is 12.9. The van der Waals surface area contributed by atoms with Crippen LogP contribution in [0.25, 0.3) is 10.8 Å². The normalized spacial score (nSPS) is 10.5. The minimum atomic E-state index is 0.00308. The topological polar surface area (TPSA) is 58.1 Å². The Bertz CT molecular complexity index is 602. The third kappa shape index (κ3) is 2.93. The summed E-state index contributed by atoms with van der Waals surface area (Å²) in [7, 11) is 1.76. The molecule has 0 saturated heterocycles. The highest BCUT2D eigenvalue weighted by Crippen LogP contribution is 2.25. The minimum absolute atomic E-state index is 0.00308. The van der Waals surface area contributed by atoms with Crippen molar-refractivity contribution in [2.45, 2.75) is 6.92 Å². The highest BCUT2D eigenvalue weighted by Gasteiger charge is 2.10. The molecule has 6 heteroatoms. The maximum atomic E-state index is 11.7. The summed E-state index contributed by atoms with van der Waals surface area (Å²) in [6.07, 6.45) is 0. The van der Waals surface area contributed by atoms with E-state index in [1.165, 1.54) is 0 Å². The summed E-state index contributed by atoms with van der Waals surface area (Å²) >= 11 is 5.99. The SMILES string of the molecule is CCN(C)C(=O)CNc1nnc(Cl)c2ccccc12. The Morgan fingerprint density at radius 3 is 2.68 bits per heavy atom. The van der Waals surface area contributed by atoms with Crippen molar-refractivity contribution in [2.24, 2.45) is 0 Å². The molecule has 1 heterocycles. The van der Waals surface area contributed by atoms with E-state index in [0.717, 1.165) is 10.8 Å². The average Bonchev–Trinajstić information content (AvgIpc) is 2.45. The number of carbonyl (C=O) groups is 1. The number of fused-ring (bicyclic) bond motifs is 1. The van der Waals surface area contributed by atoms with Crippen LogP contribution in [0.4, 0.5) is 5.82 Å². The third-order valence-corrected chi connectivity index (χ3v) is 3.23. The molecule has 0 bridgehead atoms. The molecule has 19 heavy (non-hydrogen) atoms. The Labute approximate surface area is 116 Å². The summed E-state index contributed by atoms with van der Waals surface area (Å²) in [5.41, 5.74) is 0. The monoisotopic (exact) mass is 278 g/mol. The fraction of sp³-hybridized carbons (Fsp3) is 0.308. The molecule has 0 saturated carbocycles. The van der Waals surface area contributed by atoms with Crippen molar-refractivity contribution in [1.82, 2.24) is 15.1 Å². The first kappa shape index (κ1) is 13.5. The van der Waals surface area contributed by atoms with Crippen molar-refractivity contribution in [2.75, 3.05) is 25.5 Å². The Morgan fingerprint density at radius 1 is 1.32 bits per heavy atom. The zero-order chi connectivity index (χ0) is 13.8. The van der Waals surface area contributed by atoms with Gasteiger partial charge in [0.15, 0.2) is 11.0 Å². The number of carbonyl (C=O) groups excluding carboxylic acids is 1. The van der Waals surface area contributed by atoms with Crippen molar-refractivity contribution in [3.05, 3.63) is 29.4 Å². The lowest BCUT2D eigenvalue weighted by Crippen LogP contribution is -2.32. The van der Waals surface area contributed by atoms with E-state index in [-0.39, 0.29) is 12.5 Å². The zero-order valence-electron chi connectivity index (χ0n) is 10.9. The summed E-state index contributed by atoms with van der Waals surface area (Å²) < 4.78 is 0. The molecule has 0 atom stereocenters. The Kier molecular flexibility index (Phi) is 4.16. The molecule has 0 fully saturated rings. The van der Waals surface area contributed by atoms with E-state index in [9.17, 15) is 4.79 Å². The molecular weight excluding hydrogens is 264 g/mol. The van der Waals surface area contributed by atoms with Crippen LogP contribution in [0, 0.1) is 0 Å². The van der Waals surface area contributed by atoms with Gasteiger partial charge in [-0.25, -0.2) is 0 Å². The zero-order valence-corrected chi connectivity index (χ0v) is 11.6. The molecule has 1 N–H and O–H groups in total. The summed E-state index contributed by atoms with van der Waals surface area (Å²) in [5.74, 6) is 0.571. The standard InChI is InChI=1S/C13H15ClN4O/c1-3-18(2)11(19)8-15-13-10-7-5-4-6-9(10)12(14)16-17-13/h4-7H,3,8H2,1-2H3,(H,15,17). The van der Waals surface area contributed by atoms with Gasteiger partial charge in [0.05, 0.1) is 6.54 Å². The van der Waals surface area contributed by atoms with Crippen molar-refractivity contribution in [1.29, 1.82) is 0 Å². The lowest BCUT2D eigenvalue weighted by Gasteiger charge is -2.15. The minimum Gasteiger partial charge on any atom is -0.359 e. The molecular formula is C13H15ClN4O. The van der Waals surface area contributed by atoms with Crippen LogP contribution in [0.2, 0.25) is 5.15 Å². The summed E-state index contributed by atoms with van der Waals surface area (Å²) in [4.78, 5) is 13.4. The molecule has 1 aromatic carbocycles. The van der Waals surface area contributed by atoms with Gasteiger partial charge in [-0.2, -0.15) is 0 Å². The number of nitrogens with zero attached hydrogens (tertiary/aromatic N) is 3. The van der Waals surface area contributed by atoms with Crippen LogP contribution in [0.3, 0.4) is 0 Å². The van der Waals surface area contributed by atoms with E-state index < -0.39 is 0 Å². The predicted octanol–water partition coefficient (Wildman–Crippen LogP) is 2.17. The van der Waals surface area contributed by atoms with E-state index in [1.54, 1.807) is 11.9 Å². The van der Waals surface area contributed by atoms with Crippen LogP contribution >= 0.6 is 11.6 Å². The summed E-state index contributed by atoms with van der Waals surface area (Å²) in [6, 6.07) is 7.55. The van der Waals surface area contributed by atoms with Gasteiger partial charge in [0.25, 0.3) is 0 Å². The molecule has 0 aliphatic carbocycles. The van der Waals surface area contributed by atoms with Gasteiger partial charge in [-0.3, -0.25) is 4.79 Å². The van der Waals surface area contributed by atoms with Crippen LogP contribution in [0.5, 0.6) is 0 Å². The number of likely N-dealkylation sites (N-methyl/N-ethyl adjacent to an activating group) is 1. The Hall–Kier alpha value is -1.88. The van der Waals surface area contributed by atoms with Gasteiger partial charge in [0, 0.05) is 24.4 Å². The molecule has 2 aromatic rings. The van der Waals surface area contributed by atoms with Gasteiger partial charge >= 0.3 is 0 Å². The number of anilines is 1. The molecule has 0 radical (unpaired) electrons. The van der Waals surface area contributed by atoms with Gasteiger partial charge < -0.3 is 10.2 Å². The van der Waals surface area contributed by atoms with Crippen molar-refractivity contribution < 1.29 is 4.79 Å². The molecule has 2 rings (SSSR count). The Balaban J connectivity index is 2.22. The van der Waals surface area contributed by atoms with E-state index in [2.05, 4.69) is 15.5 Å². The maximum Gasteiger partial charge on any atom is 0.241 e. The van der Waals surface area contributed by atoms with Crippen LogP contribution < -0.4 is 5.32 Å². The molecule has 0 aliphatic rings. The van der Waals surface area contributed by atoms with Gasteiger partial charge in [-0.1, -0.05) is 35.9 Å². The van der Waals surface area contributed by atoms with Gasteiger partial charge in [0.1, 0.15) is 0 Å². The van der Waals surface area contributed by atoms with Gasteiger partial charge in [-0.05, 0) is 6.92 Å². The van der Waals surface area contributed by atoms with Crippen molar-refractivity contribution in [3.63, 3.8) is 0 Å². The third-order valence-electron chi connectivity index (χ3n) is 2.95. The lowest BCUT2D eigenvalue weighted by atomic mass is 10.2. The van der Waals surface area contributed by atoms with Gasteiger partial charge in [0.2, 0.25) is 5.91 Å². The van der Waals surface area contributed by atoms with Crippen LogP contribution in [0.1, 0.15) is 6.92 Å². The number of benzene rings is 1. The fourth-order valence-corrected chi connectivity index (χ4v) is 1.87. The van der Waals surface area contributed by atoms with Crippen LogP contribution in [0.15, 0.2) is 24.3 Å². The molecule has 0 aliphatic heterocycles. The molecule has 0 unspecified atom stereocenters. The first-order chi connectivity index (χ1) is 9.13. The number of aromatic nitrogens is 2. The van der Waals surface area contributed by atoms with Crippen LogP contribution in [-0.4, -0.2) is 41.1 Å². The average molecular weight is 279 g/mol. The van der Waals surface area contributed by atoms with E-state index in [4.69, 9.17) is 11.6 Å². The Morgan fingerprint density at radius 2 is 2.00 bits per heavy atom. The van der Waals surface area contributed by atoms with Crippen molar-refractivity contribution >= 4 is 34.1 Å². The molecule has 5 nitrogen and oxygen atoms in total. The highest BCUT2D eigenvalue weighted by molar-refractivity contribution is 6.34. The second kappa shape index (κ2) is 5.84. The fourth-order valence-electron chi connectivity index (χ4n) is 1.67. The lowest BCUT2D eigenvalue weighted by molar-refractivity contribution is -0.127. The number of hydrogen-bond donors (Lipinski definition) is 1. The first-order valence-corrected chi connectivity index (χ1v) is 6.40. The highest BCUT2D eigenvalue weighted by atomic mass is 35.5. The smallest absolute Gasteiger partial charge is 0.241 e. The number of amides is 1. The first-order valence-electron chi connectivity index (χ1n) is 6.02. The number of halogens is 1. The predicted molar refractivity (Wildman–Crippen MR) is 76.3 cm³/mol. The van der Waals surface area contributed by atoms with E-state index >= 15 is 0 Å². The molecule has 100 valence electrons. The van der Waals surface area contributed by atoms with Gasteiger partial charge in [-0.15, -0.1) is 10.2 Å². The van der Waals surface area contributed by atoms with E-state index in [1.807, 2.05) is 31.2 Å². The van der Waals surface area contributed by atoms with Crippen molar-refractivity contribution in [3.8, 4) is 0 Å². The molecule has 0 spiro atoms. The second-order valence-corrected chi connectivity index (χ2v) is 4.50. The largest absolute Gasteiger partial charge is 0.359 e.